The zero-order valence-corrected chi connectivity index (χ0v) is 9.69. The minimum atomic E-state index is -0.414. The van der Waals surface area contributed by atoms with Gasteiger partial charge in [-0.2, -0.15) is 0 Å². The van der Waals surface area contributed by atoms with Crippen molar-refractivity contribution in [2.24, 2.45) is 17.6 Å². The van der Waals surface area contributed by atoms with Crippen LogP contribution in [0.5, 0.6) is 0 Å². The van der Waals surface area contributed by atoms with E-state index in [2.05, 4.69) is 0 Å². The fraction of sp³-hybridized carbons (Fsp3) is 0.909. The quantitative estimate of drug-likeness (QED) is 0.710. The molecule has 3 atom stereocenters. The zero-order chi connectivity index (χ0) is 11.2. The van der Waals surface area contributed by atoms with Crippen molar-refractivity contribution in [1.29, 1.82) is 0 Å². The Kier molecular flexibility index (Phi) is 2.41. The third kappa shape index (κ3) is 2.09. The molecule has 4 nitrogen and oxygen atoms in total. The number of nitrogens with zero attached hydrogens (tertiary/aromatic N) is 1. The van der Waals surface area contributed by atoms with E-state index < -0.39 is 5.60 Å². The number of piperidine rings is 1. The summed E-state index contributed by atoms with van der Waals surface area (Å²) in [5, 5.41) is 0. The van der Waals surface area contributed by atoms with E-state index in [0.29, 0.717) is 18.4 Å². The van der Waals surface area contributed by atoms with Gasteiger partial charge in [-0.3, -0.25) is 0 Å². The highest BCUT2D eigenvalue weighted by atomic mass is 16.6. The van der Waals surface area contributed by atoms with Crippen LogP contribution in [0.15, 0.2) is 0 Å². The van der Waals surface area contributed by atoms with Crippen molar-refractivity contribution in [3.63, 3.8) is 0 Å². The highest BCUT2D eigenvalue weighted by Gasteiger charge is 2.54. The second-order valence-corrected chi connectivity index (χ2v) is 5.60. The van der Waals surface area contributed by atoms with E-state index in [9.17, 15) is 4.79 Å². The number of nitrogens with two attached hydrogens (primary N) is 1. The molecule has 0 bridgehead atoms. The highest BCUT2D eigenvalue weighted by molar-refractivity contribution is 5.69. The molecule has 2 rings (SSSR count). The Morgan fingerprint density at radius 1 is 1.53 bits per heavy atom. The standard InChI is InChI=1S/C11H20N2O2/c1-11(2,3)15-10(14)13-6-7-4-8(7)9(13)5-12/h7-9H,4-6,12H2,1-3H3/t7?,8-,9+/m0/s1. The maximum absolute atomic E-state index is 11.8. The summed E-state index contributed by atoms with van der Waals surface area (Å²) in [6.07, 6.45) is 1.03. The molecule has 0 aromatic rings. The third-order valence-electron chi connectivity index (χ3n) is 3.17. The summed E-state index contributed by atoms with van der Waals surface area (Å²) >= 11 is 0. The molecular formula is C11H20N2O2. The molecule has 2 fully saturated rings. The molecule has 1 amide bonds. The molecule has 0 aromatic carbocycles. The van der Waals surface area contributed by atoms with E-state index in [-0.39, 0.29) is 12.1 Å². The molecule has 1 aliphatic heterocycles. The van der Waals surface area contributed by atoms with Gasteiger partial charge < -0.3 is 15.4 Å². The first kappa shape index (κ1) is 10.7. The molecule has 0 radical (unpaired) electrons. The van der Waals surface area contributed by atoms with Crippen molar-refractivity contribution in [2.45, 2.75) is 38.8 Å². The van der Waals surface area contributed by atoms with Gasteiger partial charge >= 0.3 is 6.09 Å². The van der Waals surface area contributed by atoms with Crippen molar-refractivity contribution >= 4 is 6.09 Å². The molecule has 1 heterocycles. The van der Waals surface area contributed by atoms with E-state index in [4.69, 9.17) is 10.5 Å². The van der Waals surface area contributed by atoms with Gasteiger partial charge in [0.15, 0.2) is 0 Å². The number of carbonyl (C=O) groups excluding carboxylic acids is 1. The fourth-order valence-corrected chi connectivity index (χ4v) is 2.40. The fourth-order valence-electron chi connectivity index (χ4n) is 2.40. The molecule has 1 aliphatic carbocycles. The first-order valence-electron chi connectivity index (χ1n) is 5.62. The SMILES string of the molecule is CC(C)(C)OC(=O)N1CC2C[C@@H]2[C@H]1CN. The molecule has 15 heavy (non-hydrogen) atoms. The first-order chi connectivity index (χ1) is 6.92. The Hall–Kier alpha value is -0.770. The molecular weight excluding hydrogens is 192 g/mol. The molecule has 86 valence electrons. The van der Waals surface area contributed by atoms with Gasteiger partial charge in [-0.1, -0.05) is 0 Å². The van der Waals surface area contributed by atoms with Gasteiger partial charge in [-0.15, -0.1) is 0 Å². The highest BCUT2D eigenvalue weighted by Crippen LogP contribution is 2.49. The van der Waals surface area contributed by atoms with E-state index in [0.717, 1.165) is 6.54 Å². The van der Waals surface area contributed by atoms with E-state index >= 15 is 0 Å². The topological polar surface area (TPSA) is 55.6 Å². The van der Waals surface area contributed by atoms with Crippen LogP contribution in [0, 0.1) is 11.8 Å². The summed E-state index contributed by atoms with van der Waals surface area (Å²) in [5.41, 5.74) is 5.28. The van der Waals surface area contributed by atoms with Gasteiger partial charge in [0.1, 0.15) is 5.60 Å². The number of hydrogen-bond acceptors (Lipinski definition) is 3. The van der Waals surface area contributed by atoms with Crippen LogP contribution in [0.1, 0.15) is 27.2 Å². The van der Waals surface area contributed by atoms with Gasteiger partial charge in [0, 0.05) is 13.1 Å². The zero-order valence-electron chi connectivity index (χ0n) is 9.69. The van der Waals surface area contributed by atoms with Crippen LogP contribution >= 0.6 is 0 Å². The van der Waals surface area contributed by atoms with Crippen LogP contribution in [0.2, 0.25) is 0 Å². The smallest absolute Gasteiger partial charge is 0.410 e. The Balaban J connectivity index is 1.96. The second-order valence-electron chi connectivity index (χ2n) is 5.60. The van der Waals surface area contributed by atoms with Crippen molar-refractivity contribution in [2.75, 3.05) is 13.1 Å². The van der Waals surface area contributed by atoms with Gasteiger partial charge in [-0.05, 0) is 39.0 Å². The summed E-state index contributed by atoms with van der Waals surface area (Å²) in [4.78, 5) is 13.7. The lowest BCUT2D eigenvalue weighted by Crippen LogP contribution is -2.45. The second kappa shape index (κ2) is 3.37. The van der Waals surface area contributed by atoms with Crippen LogP contribution in [-0.4, -0.2) is 35.7 Å². The number of likely N-dealkylation sites (tertiary alicyclic amines) is 1. The van der Waals surface area contributed by atoms with Gasteiger partial charge in [0.05, 0.1) is 6.04 Å². The minimum Gasteiger partial charge on any atom is -0.444 e. The van der Waals surface area contributed by atoms with E-state index in [1.807, 2.05) is 25.7 Å². The largest absolute Gasteiger partial charge is 0.444 e. The molecule has 0 spiro atoms. The molecule has 4 heteroatoms. The van der Waals surface area contributed by atoms with Gasteiger partial charge in [0.2, 0.25) is 0 Å². The summed E-state index contributed by atoms with van der Waals surface area (Å²) in [6, 6.07) is 0.213. The monoisotopic (exact) mass is 212 g/mol. The maximum Gasteiger partial charge on any atom is 0.410 e. The average Bonchev–Trinajstić information content (AvgIpc) is 2.75. The van der Waals surface area contributed by atoms with E-state index in [1.54, 1.807) is 0 Å². The summed E-state index contributed by atoms with van der Waals surface area (Å²) in [5.74, 6) is 1.33. The maximum atomic E-state index is 11.8. The van der Waals surface area contributed by atoms with Crippen molar-refractivity contribution < 1.29 is 9.53 Å². The number of carbonyl (C=O) groups is 1. The normalized spacial score (nSPS) is 33.9. The van der Waals surface area contributed by atoms with Gasteiger partial charge in [-0.25, -0.2) is 4.79 Å². The molecule has 0 aromatic heterocycles. The predicted molar refractivity (Wildman–Crippen MR) is 57.4 cm³/mol. The molecule has 1 saturated carbocycles. The average molecular weight is 212 g/mol. The molecule has 1 unspecified atom stereocenters. The lowest BCUT2D eigenvalue weighted by atomic mass is 10.2. The Morgan fingerprint density at radius 2 is 2.20 bits per heavy atom. The summed E-state index contributed by atoms with van der Waals surface area (Å²) in [6.45, 7) is 7.05. The molecule has 2 aliphatic rings. The van der Waals surface area contributed by atoms with Crippen molar-refractivity contribution in [3.05, 3.63) is 0 Å². The van der Waals surface area contributed by atoms with Crippen LogP contribution in [0.3, 0.4) is 0 Å². The lowest BCUT2D eigenvalue weighted by Gasteiger charge is -2.29. The Bertz CT molecular complexity index is 272. The summed E-state index contributed by atoms with van der Waals surface area (Å²) < 4.78 is 5.35. The number of amides is 1. The van der Waals surface area contributed by atoms with Crippen LogP contribution in [-0.2, 0) is 4.74 Å². The number of fused-ring (bicyclic) bond motifs is 1. The first-order valence-corrected chi connectivity index (χ1v) is 5.62. The predicted octanol–water partition coefficient (Wildman–Crippen LogP) is 1.20. The van der Waals surface area contributed by atoms with Crippen molar-refractivity contribution in [3.8, 4) is 0 Å². The van der Waals surface area contributed by atoms with Gasteiger partial charge in [0.25, 0.3) is 0 Å². The van der Waals surface area contributed by atoms with Crippen LogP contribution in [0.4, 0.5) is 4.79 Å². The van der Waals surface area contributed by atoms with Crippen molar-refractivity contribution in [1.82, 2.24) is 4.90 Å². The molecule has 2 N–H and O–H groups in total. The number of hydrogen-bond donors (Lipinski definition) is 1. The number of ether oxygens (including phenoxy) is 1. The van der Waals surface area contributed by atoms with Crippen LogP contribution < -0.4 is 5.73 Å². The minimum absolute atomic E-state index is 0.204. The molecule has 1 saturated heterocycles. The van der Waals surface area contributed by atoms with E-state index in [1.165, 1.54) is 6.42 Å². The third-order valence-corrected chi connectivity index (χ3v) is 3.17. The lowest BCUT2D eigenvalue weighted by molar-refractivity contribution is 0.0200. The van der Waals surface area contributed by atoms with Crippen LogP contribution in [0.25, 0.3) is 0 Å². The Labute approximate surface area is 90.8 Å². The Morgan fingerprint density at radius 3 is 2.73 bits per heavy atom. The number of rotatable bonds is 1. The summed E-state index contributed by atoms with van der Waals surface area (Å²) in [7, 11) is 0.